The molecule has 5 aromatic rings. The summed E-state index contributed by atoms with van der Waals surface area (Å²) in [6.45, 7) is 5.29. The third-order valence-electron chi connectivity index (χ3n) is 6.05. The Balaban J connectivity index is 1.29. The van der Waals surface area contributed by atoms with Gasteiger partial charge in [0, 0.05) is 24.1 Å². The normalized spacial score (nSPS) is 11.1. The molecule has 5 rings (SSSR count). The Morgan fingerprint density at radius 3 is 2.42 bits per heavy atom. The van der Waals surface area contributed by atoms with Gasteiger partial charge in [-0.15, -0.1) is 0 Å². The first-order valence-electron chi connectivity index (χ1n) is 12.0. The largest absolute Gasteiger partial charge is 0.348 e. The fourth-order valence-corrected chi connectivity index (χ4v) is 5.03. The molecule has 3 aromatic carbocycles. The van der Waals surface area contributed by atoms with Crippen LogP contribution in [0, 0.1) is 13.8 Å². The van der Waals surface area contributed by atoms with E-state index in [0.29, 0.717) is 18.7 Å². The van der Waals surface area contributed by atoms with Crippen molar-refractivity contribution in [1.82, 2.24) is 19.9 Å². The standard InChI is InChI=1S/C30H28N4OS/c1-21-8-10-24(11-9-21)20-36-30-33-27-7-4-16-31-28(27)34(30)19-23-12-14-26(15-13-23)29(35)32-18-25-6-3-5-22(2)17-25/h3-17H,18-20H2,1-2H3,(H,32,35). The highest BCUT2D eigenvalue weighted by atomic mass is 32.2. The van der Waals surface area contributed by atoms with Crippen molar-refractivity contribution in [2.45, 2.75) is 37.8 Å². The SMILES string of the molecule is Cc1ccc(CSc2nc3cccnc3n2Cc2ccc(C(=O)NCc3cccc(C)c3)cc2)cc1. The van der Waals surface area contributed by atoms with Gasteiger partial charge in [0.1, 0.15) is 5.52 Å². The lowest BCUT2D eigenvalue weighted by molar-refractivity contribution is 0.0951. The molecule has 0 atom stereocenters. The molecule has 1 amide bonds. The van der Waals surface area contributed by atoms with E-state index >= 15 is 0 Å². The number of aromatic nitrogens is 3. The monoisotopic (exact) mass is 492 g/mol. The molecule has 36 heavy (non-hydrogen) atoms. The lowest BCUT2D eigenvalue weighted by Crippen LogP contribution is -2.22. The first-order chi connectivity index (χ1) is 17.5. The molecule has 2 heterocycles. The van der Waals surface area contributed by atoms with Crippen LogP contribution in [0.4, 0.5) is 0 Å². The molecule has 0 bridgehead atoms. The van der Waals surface area contributed by atoms with E-state index in [-0.39, 0.29) is 5.91 Å². The van der Waals surface area contributed by atoms with Crippen LogP contribution < -0.4 is 5.32 Å². The number of thioether (sulfide) groups is 1. The zero-order valence-corrected chi connectivity index (χ0v) is 21.3. The Hall–Kier alpha value is -3.90. The summed E-state index contributed by atoms with van der Waals surface area (Å²) in [6.07, 6.45) is 1.80. The van der Waals surface area contributed by atoms with Gasteiger partial charge in [0.15, 0.2) is 10.8 Å². The zero-order valence-electron chi connectivity index (χ0n) is 20.4. The number of pyridine rings is 1. The van der Waals surface area contributed by atoms with Crippen molar-refractivity contribution in [3.63, 3.8) is 0 Å². The highest BCUT2D eigenvalue weighted by Gasteiger charge is 2.14. The van der Waals surface area contributed by atoms with Crippen molar-refractivity contribution in [2.75, 3.05) is 0 Å². The Kier molecular flexibility index (Phi) is 7.14. The summed E-state index contributed by atoms with van der Waals surface area (Å²) in [5, 5.41) is 3.94. The number of carbonyl (C=O) groups excluding carboxylic acids is 1. The van der Waals surface area contributed by atoms with Crippen LogP contribution in [0.5, 0.6) is 0 Å². The van der Waals surface area contributed by atoms with Crippen LogP contribution >= 0.6 is 11.8 Å². The van der Waals surface area contributed by atoms with Crippen LogP contribution in [0.1, 0.15) is 38.2 Å². The fraction of sp³-hybridized carbons (Fsp3) is 0.167. The van der Waals surface area contributed by atoms with E-state index in [4.69, 9.17) is 4.98 Å². The predicted octanol–water partition coefficient (Wildman–Crippen LogP) is 6.32. The number of amides is 1. The smallest absolute Gasteiger partial charge is 0.251 e. The molecular weight excluding hydrogens is 464 g/mol. The van der Waals surface area contributed by atoms with Crippen molar-refractivity contribution < 1.29 is 4.79 Å². The quantitative estimate of drug-likeness (QED) is 0.258. The summed E-state index contributed by atoms with van der Waals surface area (Å²) in [5.41, 5.74) is 8.28. The van der Waals surface area contributed by atoms with Crippen LogP contribution in [-0.4, -0.2) is 20.4 Å². The first-order valence-corrected chi connectivity index (χ1v) is 13.0. The number of hydrogen-bond donors (Lipinski definition) is 1. The molecule has 1 N–H and O–H groups in total. The summed E-state index contributed by atoms with van der Waals surface area (Å²) >= 11 is 1.71. The van der Waals surface area contributed by atoms with Crippen molar-refractivity contribution >= 4 is 28.8 Å². The highest BCUT2D eigenvalue weighted by Crippen LogP contribution is 2.27. The van der Waals surface area contributed by atoms with Crippen molar-refractivity contribution in [2.24, 2.45) is 0 Å². The number of imidazole rings is 1. The molecule has 0 aliphatic heterocycles. The molecular formula is C30H28N4OS. The molecule has 2 aromatic heterocycles. The number of aryl methyl sites for hydroxylation is 2. The summed E-state index contributed by atoms with van der Waals surface area (Å²) in [5.74, 6) is 0.760. The summed E-state index contributed by atoms with van der Waals surface area (Å²) < 4.78 is 2.15. The first kappa shape index (κ1) is 23.8. The summed E-state index contributed by atoms with van der Waals surface area (Å²) in [6, 6.07) is 28.5. The van der Waals surface area contributed by atoms with Gasteiger partial charge < -0.3 is 5.32 Å². The number of benzene rings is 3. The molecule has 0 saturated carbocycles. The van der Waals surface area contributed by atoms with Gasteiger partial charge in [-0.3, -0.25) is 9.36 Å². The maximum atomic E-state index is 12.7. The third-order valence-corrected chi connectivity index (χ3v) is 7.10. The summed E-state index contributed by atoms with van der Waals surface area (Å²) in [7, 11) is 0. The van der Waals surface area contributed by atoms with Gasteiger partial charge >= 0.3 is 0 Å². The molecule has 5 nitrogen and oxygen atoms in total. The van der Waals surface area contributed by atoms with Crippen LogP contribution in [0.3, 0.4) is 0 Å². The second-order valence-corrected chi connectivity index (χ2v) is 9.91. The minimum Gasteiger partial charge on any atom is -0.348 e. The molecule has 0 radical (unpaired) electrons. The zero-order chi connectivity index (χ0) is 24.9. The molecule has 0 aliphatic rings. The van der Waals surface area contributed by atoms with Crippen molar-refractivity contribution in [1.29, 1.82) is 0 Å². The number of rotatable bonds is 8. The van der Waals surface area contributed by atoms with E-state index in [1.165, 1.54) is 16.7 Å². The van der Waals surface area contributed by atoms with E-state index < -0.39 is 0 Å². The van der Waals surface area contributed by atoms with Crippen LogP contribution in [0.15, 0.2) is 96.3 Å². The predicted molar refractivity (Wildman–Crippen MR) is 146 cm³/mol. The fourth-order valence-electron chi connectivity index (χ4n) is 4.07. The van der Waals surface area contributed by atoms with E-state index in [1.54, 1.807) is 18.0 Å². The second kappa shape index (κ2) is 10.8. The Bertz CT molecular complexity index is 1490. The van der Waals surface area contributed by atoms with Crippen molar-refractivity contribution in [3.8, 4) is 0 Å². The lowest BCUT2D eigenvalue weighted by Gasteiger charge is -2.10. The minimum atomic E-state index is -0.0767. The number of fused-ring (bicyclic) bond motifs is 1. The molecule has 0 aliphatic carbocycles. The van der Waals surface area contributed by atoms with Gasteiger partial charge in [0.2, 0.25) is 0 Å². The Morgan fingerprint density at radius 1 is 0.861 bits per heavy atom. The van der Waals surface area contributed by atoms with Gasteiger partial charge in [0.05, 0.1) is 6.54 Å². The third kappa shape index (κ3) is 5.66. The number of carbonyl (C=O) groups is 1. The molecule has 0 saturated heterocycles. The molecule has 180 valence electrons. The maximum Gasteiger partial charge on any atom is 0.251 e. The average molecular weight is 493 g/mol. The van der Waals surface area contributed by atoms with Crippen LogP contribution in [0.25, 0.3) is 11.2 Å². The van der Waals surface area contributed by atoms with E-state index in [1.807, 2.05) is 48.5 Å². The maximum absolute atomic E-state index is 12.7. The topological polar surface area (TPSA) is 59.8 Å². The molecule has 0 fully saturated rings. The van der Waals surface area contributed by atoms with E-state index in [9.17, 15) is 4.79 Å². The van der Waals surface area contributed by atoms with Crippen LogP contribution in [0.2, 0.25) is 0 Å². The van der Waals surface area contributed by atoms with Gasteiger partial charge in [-0.25, -0.2) is 9.97 Å². The second-order valence-electron chi connectivity index (χ2n) is 8.97. The molecule has 0 unspecified atom stereocenters. The van der Waals surface area contributed by atoms with Gasteiger partial charge in [-0.05, 0) is 54.8 Å². The van der Waals surface area contributed by atoms with E-state index in [0.717, 1.165) is 33.2 Å². The Labute approximate surface area is 215 Å². The van der Waals surface area contributed by atoms with Gasteiger partial charge in [-0.1, -0.05) is 83.6 Å². The Morgan fingerprint density at radius 2 is 1.64 bits per heavy atom. The highest BCUT2D eigenvalue weighted by molar-refractivity contribution is 7.98. The molecule has 6 heteroatoms. The molecule has 0 spiro atoms. The van der Waals surface area contributed by atoms with Gasteiger partial charge in [-0.2, -0.15) is 0 Å². The van der Waals surface area contributed by atoms with Crippen molar-refractivity contribution in [3.05, 3.63) is 125 Å². The minimum absolute atomic E-state index is 0.0767. The average Bonchev–Trinajstić information content (AvgIpc) is 3.24. The van der Waals surface area contributed by atoms with Gasteiger partial charge in [0.25, 0.3) is 5.91 Å². The number of hydrogen-bond acceptors (Lipinski definition) is 4. The lowest BCUT2D eigenvalue weighted by atomic mass is 10.1. The van der Waals surface area contributed by atoms with E-state index in [2.05, 4.69) is 65.1 Å². The number of nitrogens with zero attached hydrogens (tertiary/aromatic N) is 3. The summed E-state index contributed by atoms with van der Waals surface area (Å²) in [4.78, 5) is 22.1. The van der Waals surface area contributed by atoms with Crippen LogP contribution in [-0.2, 0) is 18.8 Å². The number of nitrogens with one attached hydrogen (secondary N) is 1.